The fourth-order valence-electron chi connectivity index (χ4n) is 3.47. The summed E-state index contributed by atoms with van der Waals surface area (Å²) in [5.74, 6) is 2.07. The second-order valence-electron chi connectivity index (χ2n) is 7.35. The molecule has 2 N–H and O–H groups in total. The highest BCUT2D eigenvalue weighted by molar-refractivity contribution is 5.85. The molecular formula is C21H35ClN2O3. The van der Waals surface area contributed by atoms with Crippen LogP contribution < -0.4 is 15.4 Å². The van der Waals surface area contributed by atoms with Crippen LogP contribution in [0.5, 0.6) is 5.75 Å². The SMILES string of the molecule is COCCCOc1cc(C)ccc1CNC(=O)CC(C)C1CCNCC1.Cl. The first kappa shape index (κ1) is 23.7. The van der Waals surface area contributed by atoms with Gasteiger partial charge in [-0.3, -0.25) is 4.79 Å². The van der Waals surface area contributed by atoms with E-state index in [1.165, 1.54) is 12.8 Å². The number of aryl methyl sites for hydroxylation is 1. The zero-order chi connectivity index (χ0) is 18.8. The molecule has 2 rings (SSSR count). The van der Waals surface area contributed by atoms with Crippen LogP contribution in [-0.4, -0.2) is 39.3 Å². The number of carbonyl (C=O) groups is 1. The van der Waals surface area contributed by atoms with Crippen molar-refractivity contribution in [2.75, 3.05) is 33.4 Å². The second kappa shape index (κ2) is 13.0. The predicted molar refractivity (Wildman–Crippen MR) is 112 cm³/mol. The molecule has 1 aromatic carbocycles. The van der Waals surface area contributed by atoms with Gasteiger partial charge in [-0.05, 0) is 56.3 Å². The molecule has 27 heavy (non-hydrogen) atoms. The monoisotopic (exact) mass is 398 g/mol. The standard InChI is InChI=1S/C21H34N2O3.ClH/c1-16-5-6-19(20(13-16)26-12-4-11-25-3)15-23-21(24)14-17(2)18-7-9-22-10-8-18;/h5-6,13,17-18,22H,4,7-12,14-15H2,1-3H3,(H,23,24);1H. The van der Waals surface area contributed by atoms with E-state index in [9.17, 15) is 4.79 Å². The summed E-state index contributed by atoms with van der Waals surface area (Å²) in [7, 11) is 1.69. The van der Waals surface area contributed by atoms with Gasteiger partial charge in [-0.25, -0.2) is 0 Å². The summed E-state index contributed by atoms with van der Waals surface area (Å²) < 4.78 is 10.9. The number of amides is 1. The average Bonchev–Trinajstić information content (AvgIpc) is 2.65. The molecule has 1 saturated heterocycles. The Morgan fingerprint density at radius 1 is 1.30 bits per heavy atom. The maximum Gasteiger partial charge on any atom is 0.220 e. The number of halogens is 1. The van der Waals surface area contributed by atoms with E-state index in [1.807, 2.05) is 19.1 Å². The largest absolute Gasteiger partial charge is 0.493 e. The molecule has 1 fully saturated rings. The van der Waals surface area contributed by atoms with Crippen molar-refractivity contribution in [1.29, 1.82) is 0 Å². The third-order valence-electron chi connectivity index (χ3n) is 5.14. The molecule has 0 bridgehead atoms. The summed E-state index contributed by atoms with van der Waals surface area (Å²) in [6.07, 6.45) is 3.79. The quantitative estimate of drug-likeness (QED) is 0.592. The first-order chi connectivity index (χ1) is 12.6. The van der Waals surface area contributed by atoms with Crippen LogP contribution >= 0.6 is 12.4 Å². The van der Waals surface area contributed by atoms with Gasteiger partial charge in [0.25, 0.3) is 0 Å². The van der Waals surface area contributed by atoms with Crippen LogP contribution in [0.3, 0.4) is 0 Å². The molecule has 0 aliphatic carbocycles. The van der Waals surface area contributed by atoms with E-state index in [0.717, 1.165) is 36.4 Å². The molecule has 0 spiro atoms. The first-order valence-corrected chi connectivity index (χ1v) is 9.79. The Balaban J connectivity index is 0.00000364. The van der Waals surface area contributed by atoms with Crippen molar-refractivity contribution in [3.63, 3.8) is 0 Å². The van der Waals surface area contributed by atoms with Crippen LogP contribution in [0.25, 0.3) is 0 Å². The number of benzene rings is 1. The number of ether oxygens (including phenoxy) is 2. The fourth-order valence-corrected chi connectivity index (χ4v) is 3.47. The van der Waals surface area contributed by atoms with Gasteiger partial charge in [0.1, 0.15) is 5.75 Å². The van der Waals surface area contributed by atoms with Gasteiger partial charge in [-0.1, -0.05) is 19.1 Å². The highest BCUT2D eigenvalue weighted by atomic mass is 35.5. The van der Waals surface area contributed by atoms with Gasteiger partial charge in [0.15, 0.2) is 0 Å². The number of methoxy groups -OCH3 is 1. The zero-order valence-corrected chi connectivity index (χ0v) is 17.7. The second-order valence-corrected chi connectivity index (χ2v) is 7.35. The third-order valence-corrected chi connectivity index (χ3v) is 5.14. The molecule has 0 saturated carbocycles. The number of carbonyl (C=O) groups excluding carboxylic acids is 1. The van der Waals surface area contributed by atoms with Crippen LogP contribution in [0.2, 0.25) is 0 Å². The molecule has 1 unspecified atom stereocenters. The number of piperidine rings is 1. The lowest BCUT2D eigenvalue weighted by molar-refractivity contribution is -0.122. The molecular weight excluding hydrogens is 364 g/mol. The maximum atomic E-state index is 12.4. The van der Waals surface area contributed by atoms with Crippen LogP contribution in [0, 0.1) is 18.8 Å². The fraction of sp³-hybridized carbons (Fsp3) is 0.667. The van der Waals surface area contributed by atoms with Gasteiger partial charge in [0.05, 0.1) is 6.61 Å². The Bertz CT molecular complexity index is 562. The number of rotatable bonds is 10. The van der Waals surface area contributed by atoms with Crippen molar-refractivity contribution in [2.45, 2.75) is 46.1 Å². The maximum absolute atomic E-state index is 12.4. The van der Waals surface area contributed by atoms with Crippen molar-refractivity contribution in [3.05, 3.63) is 29.3 Å². The third kappa shape index (κ3) is 8.50. The van der Waals surface area contributed by atoms with Crippen molar-refractivity contribution >= 4 is 18.3 Å². The van der Waals surface area contributed by atoms with E-state index >= 15 is 0 Å². The molecule has 1 amide bonds. The van der Waals surface area contributed by atoms with Gasteiger partial charge in [0.2, 0.25) is 5.91 Å². The zero-order valence-electron chi connectivity index (χ0n) is 16.9. The Labute approximate surface area is 170 Å². The minimum Gasteiger partial charge on any atom is -0.493 e. The van der Waals surface area contributed by atoms with Gasteiger partial charge in [-0.2, -0.15) is 0 Å². The average molecular weight is 399 g/mol. The Morgan fingerprint density at radius 2 is 2.04 bits per heavy atom. The lowest BCUT2D eigenvalue weighted by Gasteiger charge is -2.27. The van der Waals surface area contributed by atoms with Gasteiger partial charge in [-0.15, -0.1) is 12.4 Å². The van der Waals surface area contributed by atoms with E-state index in [-0.39, 0.29) is 18.3 Å². The lowest BCUT2D eigenvalue weighted by atomic mass is 9.84. The summed E-state index contributed by atoms with van der Waals surface area (Å²) >= 11 is 0. The molecule has 5 nitrogen and oxygen atoms in total. The summed E-state index contributed by atoms with van der Waals surface area (Å²) in [5.41, 5.74) is 2.18. The Hall–Kier alpha value is -1.30. The predicted octanol–water partition coefficient (Wildman–Crippen LogP) is 3.47. The normalized spacial score (nSPS) is 15.7. The van der Waals surface area contributed by atoms with Gasteiger partial charge >= 0.3 is 0 Å². The number of nitrogens with one attached hydrogen (secondary N) is 2. The molecule has 0 radical (unpaired) electrons. The number of hydrogen-bond donors (Lipinski definition) is 2. The minimum atomic E-state index is 0. The van der Waals surface area contributed by atoms with E-state index < -0.39 is 0 Å². The first-order valence-electron chi connectivity index (χ1n) is 9.79. The summed E-state index contributed by atoms with van der Waals surface area (Å²) in [6, 6.07) is 6.13. The molecule has 1 heterocycles. The van der Waals surface area contributed by atoms with Crippen molar-refractivity contribution < 1.29 is 14.3 Å². The molecule has 1 aromatic rings. The molecule has 6 heteroatoms. The van der Waals surface area contributed by atoms with Crippen molar-refractivity contribution in [1.82, 2.24) is 10.6 Å². The van der Waals surface area contributed by atoms with E-state index in [0.29, 0.717) is 38.0 Å². The van der Waals surface area contributed by atoms with Crippen LogP contribution in [0.1, 0.15) is 43.7 Å². The highest BCUT2D eigenvalue weighted by Gasteiger charge is 2.22. The number of hydrogen-bond acceptors (Lipinski definition) is 4. The van der Waals surface area contributed by atoms with E-state index in [4.69, 9.17) is 9.47 Å². The Kier molecular flexibility index (Phi) is 11.4. The van der Waals surface area contributed by atoms with Gasteiger partial charge < -0.3 is 20.1 Å². The molecule has 1 aliphatic rings. The van der Waals surface area contributed by atoms with Gasteiger partial charge in [0, 0.05) is 38.7 Å². The molecule has 154 valence electrons. The van der Waals surface area contributed by atoms with Crippen LogP contribution in [-0.2, 0) is 16.1 Å². The molecule has 1 aliphatic heterocycles. The topological polar surface area (TPSA) is 59.6 Å². The van der Waals surface area contributed by atoms with Crippen LogP contribution in [0.15, 0.2) is 18.2 Å². The van der Waals surface area contributed by atoms with Crippen LogP contribution in [0.4, 0.5) is 0 Å². The van der Waals surface area contributed by atoms with E-state index in [1.54, 1.807) is 7.11 Å². The highest BCUT2D eigenvalue weighted by Crippen LogP contribution is 2.24. The molecule has 0 aromatic heterocycles. The lowest BCUT2D eigenvalue weighted by Crippen LogP contribution is -2.33. The molecule has 1 atom stereocenters. The summed E-state index contributed by atoms with van der Waals surface area (Å²) in [5, 5.41) is 6.45. The van der Waals surface area contributed by atoms with Crippen molar-refractivity contribution in [2.24, 2.45) is 11.8 Å². The smallest absolute Gasteiger partial charge is 0.220 e. The summed E-state index contributed by atoms with van der Waals surface area (Å²) in [4.78, 5) is 12.4. The van der Waals surface area contributed by atoms with Crippen molar-refractivity contribution in [3.8, 4) is 5.75 Å². The summed E-state index contributed by atoms with van der Waals surface area (Å²) in [6.45, 7) is 8.21. The van der Waals surface area contributed by atoms with E-state index in [2.05, 4.69) is 23.6 Å². The minimum absolute atomic E-state index is 0. The Morgan fingerprint density at radius 3 is 2.74 bits per heavy atom.